The Morgan fingerprint density at radius 3 is 2.72 bits per heavy atom. The minimum absolute atomic E-state index is 0.0957. The second kappa shape index (κ2) is 8.56. The molecular formula is C20H24ClNO3. The highest BCUT2D eigenvalue weighted by Crippen LogP contribution is 2.34. The summed E-state index contributed by atoms with van der Waals surface area (Å²) in [5.74, 6) is 1.40. The average molecular weight is 362 g/mol. The van der Waals surface area contributed by atoms with Gasteiger partial charge < -0.3 is 14.2 Å². The molecule has 2 aromatic rings. The Kier molecular flexibility index (Phi) is 6.19. The molecular weight excluding hydrogens is 338 g/mol. The monoisotopic (exact) mass is 361 g/mol. The van der Waals surface area contributed by atoms with Gasteiger partial charge in [0, 0.05) is 30.7 Å². The van der Waals surface area contributed by atoms with Crippen LogP contribution in [-0.2, 0) is 11.3 Å². The van der Waals surface area contributed by atoms with Gasteiger partial charge in [-0.1, -0.05) is 41.9 Å². The quantitative estimate of drug-likeness (QED) is 0.766. The van der Waals surface area contributed by atoms with Crippen LogP contribution >= 0.6 is 11.6 Å². The first kappa shape index (κ1) is 18.1. The summed E-state index contributed by atoms with van der Waals surface area (Å²) in [6.07, 6.45) is 0.0957. The van der Waals surface area contributed by atoms with E-state index >= 15 is 0 Å². The molecule has 1 atom stereocenters. The van der Waals surface area contributed by atoms with Crippen molar-refractivity contribution in [3.63, 3.8) is 0 Å². The van der Waals surface area contributed by atoms with Crippen LogP contribution in [0.5, 0.6) is 11.5 Å². The highest BCUT2D eigenvalue weighted by molar-refractivity contribution is 6.31. The fourth-order valence-electron chi connectivity index (χ4n) is 3.08. The summed E-state index contributed by atoms with van der Waals surface area (Å²) < 4.78 is 17.0. The Morgan fingerprint density at radius 1 is 1.20 bits per heavy atom. The van der Waals surface area contributed by atoms with Crippen molar-refractivity contribution in [2.24, 2.45) is 0 Å². The zero-order valence-corrected chi connectivity index (χ0v) is 15.5. The third-order valence-corrected chi connectivity index (χ3v) is 4.70. The number of hydrogen-bond donors (Lipinski definition) is 0. The SMILES string of the molecule is CCOc1cc(CN2CCOC(c3ccccc3)C2)c(Cl)cc1OC. The predicted octanol–water partition coefficient (Wildman–Crippen LogP) is 4.32. The van der Waals surface area contributed by atoms with Gasteiger partial charge in [0.2, 0.25) is 0 Å². The number of halogens is 1. The zero-order valence-electron chi connectivity index (χ0n) is 14.7. The zero-order chi connectivity index (χ0) is 17.6. The van der Waals surface area contributed by atoms with Crippen LogP contribution in [0.25, 0.3) is 0 Å². The molecule has 1 aliphatic heterocycles. The number of ether oxygens (including phenoxy) is 3. The molecule has 3 rings (SSSR count). The van der Waals surface area contributed by atoms with Crippen molar-refractivity contribution in [2.45, 2.75) is 19.6 Å². The summed E-state index contributed by atoms with van der Waals surface area (Å²) in [4.78, 5) is 2.37. The van der Waals surface area contributed by atoms with E-state index in [-0.39, 0.29) is 6.10 Å². The van der Waals surface area contributed by atoms with Gasteiger partial charge in [0.15, 0.2) is 11.5 Å². The summed E-state index contributed by atoms with van der Waals surface area (Å²) in [5, 5.41) is 0.697. The molecule has 1 unspecified atom stereocenters. The lowest BCUT2D eigenvalue weighted by molar-refractivity contribution is -0.0329. The molecule has 0 bridgehead atoms. The van der Waals surface area contributed by atoms with E-state index in [9.17, 15) is 0 Å². The van der Waals surface area contributed by atoms with Gasteiger partial charge in [0.05, 0.1) is 26.4 Å². The maximum absolute atomic E-state index is 6.46. The molecule has 25 heavy (non-hydrogen) atoms. The summed E-state index contributed by atoms with van der Waals surface area (Å²) in [7, 11) is 1.63. The molecule has 0 saturated carbocycles. The minimum atomic E-state index is 0.0957. The summed E-state index contributed by atoms with van der Waals surface area (Å²) in [6.45, 7) is 5.75. The second-order valence-electron chi connectivity index (χ2n) is 6.03. The molecule has 0 aromatic heterocycles. The maximum Gasteiger partial charge on any atom is 0.162 e. The molecule has 1 heterocycles. The molecule has 1 aliphatic rings. The first-order valence-electron chi connectivity index (χ1n) is 8.59. The van der Waals surface area contributed by atoms with Gasteiger partial charge in [-0.05, 0) is 24.1 Å². The van der Waals surface area contributed by atoms with Crippen LogP contribution in [0.4, 0.5) is 0 Å². The molecule has 0 radical (unpaired) electrons. The van der Waals surface area contributed by atoms with E-state index in [1.807, 2.05) is 37.3 Å². The second-order valence-corrected chi connectivity index (χ2v) is 6.44. The van der Waals surface area contributed by atoms with Crippen molar-refractivity contribution < 1.29 is 14.2 Å². The molecule has 1 fully saturated rings. The van der Waals surface area contributed by atoms with E-state index in [4.69, 9.17) is 25.8 Å². The molecule has 0 spiro atoms. The summed E-state index contributed by atoms with van der Waals surface area (Å²) in [6, 6.07) is 14.2. The molecule has 2 aromatic carbocycles. The Bertz CT molecular complexity index is 693. The smallest absolute Gasteiger partial charge is 0.162 e. The lowest BCUT2D eigenvalue weighted by Gasteiger charge is -2.33. The Balaban J connectivity index is 1.74. The fourth-order valence-corrected chi connectivity index (χ4v) is 3.30. The first-order chi connectivity index (χ1) is 12.2. The third-order valence-electron chi connectivity index (χ3n) is 4.35. The Labute approximate surface area is 154 Å². The molecule has 0 amide bonds. The van der Waals surface area contributed by atoms with Gasteiger partial charge in [-0.15, -0.1) is 0 Å². The molecule has 0 N–H and O–H groups in total. The van der Waals surface area contributed by atoms with Crippen molar-refractivity contribution in [1.29, 1.82) is 0 Å². The average Bonchev–Trinajstić information content (AvgIpc) is 2.65. The van der Waals surface area contributed by atoms with Crippen molar-refractivity contribution in [3.05, 3.63) is 58.6 Å². The lowest BCUT2D eigenvalue weighted by Crippen LogP contribution is -2.37. The topological polar surface area (TPSA) is 30.9 Å². The fraction of sp³-hybridized carbons (Fsp3) is 0.400. The van der Waals surface area contributed by atoms with Crippen molar-refractivity contribution in [2.75, 3.05) is 33.4 Å². The van der Waals surface area contributed by atoms with E-state index in [0.29, 0.717) is 24.0 Å². The number of morpholine rings is 1. The van der Waals surface area contributed by atoms with E-state index in [1.54, 1.807) is 7.11 Å². The van der Waals surface area contributed by atoms with Crippen LogP contribution in [0, 0.1) is 0 Å². The first-order valence-corrected chi connectivity index (χ1v) is 8.97. The van der Waals surface area contributed by atoms with Gasteiger partial charge in [-0.3, -0.25) is 4.90 Å². The largest absolute Gasteiger partial charge is 0.493 e. The number of nitrogens with zero attached hydrogens (tertiary/aromatic N) is 1. The van der Waals surface area contributed by atoms with Crippen LogP contribution in [0.2, 0.25) is 5.02 Å². The molecule has 0 aliphatic carbocycles. The number of methoxy groups -OCH3 is 1. The van der Waals surface area contributed by atoms with Crippen molar-refractivity contribution in [1.82, 2.24) is 4.90 Å². The van der Waals surface area contributed by atoms with Crippen molar-refractivity contribution >= 4 is 11.6 Å². The van der Waals surface area contributed by atoms with Crippen LogP contribution in [0.15, 0.2) is 42.5 Å². The maximum atomic E-state index is 6.46. The van der Waals surface area contributed by atoms with E-state index in [1.165, 1.54) is 5.56 Å². The van der Waals surface area contributed by atoms with Gasteiger partial charge in [0.25, 0.3) is 0 Å². The number of hydrogen-bond acceptors (Lipinski definition) is 4. The van der Waals surface area contributed by atoms with Crippen LogP contribution in [0.1, 0.15) is 24.2 Å². The standard InChI is InChI=1S/C20H24ClNO3/c1-3-24-19-11-16(17(21)12-18(19)23-2)13-22-9-10-25-20(14-22)15-7-5-4-6-8-15/h4-8,11-12,20H,3,9-10,13-14H2,1-2H3. The lowest BCUT2D eigenvalue weighted by atomic mass is 10.1. The van der Waals surface area contributed by atoms with Crippen molar-refractivity contribution in [3.8, 4) is 11.5 Å². The van der Waals surface area contributed by atoms with E-state index < -0.39 is 0 Å². The highest BCUT2D eigenvalue weighted by Gasteiger charge is 2.23. The van der Waals surface area contributed by atoms with Gasteiger partial charge in [-0.25, -0.2) is 0 Å². The number of rotatable bonds is 6. The Hall–Kier alpha value is -1.75. The van der Waals surface area contributed by atoms with Crippen LogP contribution in [0.3, 0.4) is 0 Å². The normalized spacial score (nSPS) is 18.1. The molecule has 1 saturated heterocycles. The van der Waals surface area contributed by atoms with Crippen LogP contribution in [-0.4, -0.2) is 38.3 Å². The van der Waals surface area contributed by atoms with E-state index in [2.05, 4.69) is 17.0 Å². The number of benzene rings is 2. The Morgan fingerprint density at radius 2 is 2.00 bits per heavy atom. The van der Waals surface area contributed by atoms with Crippen LogP contribution < -0.4 is 9.47 Å². The molecule has 5 heteroatoms. The third kappa shape index (κ3) is 4.46. The predicted molar refractivity (Wildman–Crippen MR) is 99.6 cm³/mol. The summed E-state index contributed by atoms with van der Waals surface area (Å²) >= 11 is 6.46. The molecule has 4 nitrogen and oxygen atoms in total. The van der Waals surface area contributed by atoms with Gasteiger partial charge in [-0.2, -0.15) is 0 Å². The highest BCUT2D eigenvalue weighted by atomic mass is 35.5. The van der Waals surface area contributed by atoms with E-state index in [0.717, 1.165) is 30.9 Å². The minimum Gasteiger partial charge on any atom is -0.493 e. The van der Waals surface area contributed by atoms with Gasteiger partial charge >= 0.3 is 0 Å². The van der Waals surface area contributed by atoms with Gasteiger partial charge in [0.1, 0.15) is 0 Å². The summed E-state index contributed by atoms with van der Waals surface area (Å²) in [5.41, 5.74) is 2.25. The molecule has 134 valence electrons.